The van der Waals surface area contributed by atoms with Gasteiger partial charge in [0.25, 0.3) is 5.56 Å². The molecule has 178 valence electrons. The van der Waals surface area contributed by atoms with E-state index in [1.54, 1.807) is 14.2 Å². The molecule has 1 atom stereocenters. The minimum atomic E-state index is -0.0582. The smallest absolute Gasteiger partial charge is 0.252 e. The van der Waals surface area contributed by atoms with Crippen LogP contribution in [0.25, 0.3) is 10.9 Å². The van der Waals surface area contributed by atoms with Crippen molar-refractivity contribution in [2.75, 3.05) is 20.8 Å². The molecule has 0 unspecified atom stereocenters. The zero-order valence-electron chi connectivity index (χ0n) is 20.0. The topological polar surface area (TPSA) is 98.2 Å². The Balaban J connectivity index is 1.73. The van der Waals surface area contributed by atoms with E-state index in [4.69, 9.17) is 9.47 Å². The molecule has 1 aliphatic rings. The molecule has 9 nitrogen and oxygen atoms in total. The number of benzene rings is 1. The summed E-state index contributed by atoms with van der Waals surface area (Å²) in [6.45, 7) is 6.05. The molecular weight excluding hydrogens is 420 g/mol. The molecule has 0 bridgehead atoms. The van der Waals surface area contributed by atoms with E-state index in [0.29, 0.717) is 25.7 Å². The molecule has 1 aromatic carbocycles. The third-order valence-electron chi connectivity index (χ3n) is 6.60. The third-order valence-corrected chi connectivity index (χ3v) is 6.60. The highest BCUT2D eigenvalue weighted by molar-refractivity contribution is 5.80. The van der Waals surface area contributed by atoms with Crippen LogP contribution in [-0.2, 0) is 17.8 Å². The molecule has 4 rings (SSSR count). The van der Waals surface area contributed by atoms with Crippen LogP contribution in [0.3, 0.4) is 0 Å². The molecule has 1 aliphatic carbocycles. The van der Waals surface area contributed by atoms with Crippen molar-refractivity contribution in [2.24, 2.45) is 5.92 Å². The molecule has 0 radical (unpaired) electrons. The summed E-state index contributed by atoms with van der Waals surface area (Å²) in [5, 5.41) is 13.6. The van der Waals surface area contributed by atoms with Crippen LogP contribution in [0, 0.1) is 5.92 Å². The number of methoxy groups -OCH3 is 2. The van der Waals surface area contributed by atoms with Gasteiger partial charge in [0.15, 0.2) is 5.82 Å². The monoisotopic (exact) mass is 454 g/mol. The van der Waals surface area contributed by atoms with Gasteiger partial charge in [-0.3, -0.25) is 9.69 Å². The molecule has 0 amide bonds. The summed E-state index contributed by atoms with van der Waals surface area (Å²) in [7, 11) is 3.33. The average Bonchev–Trinajstić information content (AvgIpc) is 3.49. The number of hydrogen-bond acceptors (Lipinski definition) is 7. The Hall–Kier alpha value is -2.78. The van der Waals surface area contributed by atoms with E-state index in [-0.39, 0.29) is 17.5 Å². The maximum Gasteiger partial charge on any atom is 0.252 e. The molecule has 2 aromatic heterocycles. The number of aromatic nitrogens is 5. The van der Waals surface area contributed by atoms with Crippen LogP contribution in [0.4, 0.5) is 0 Å². The summed E-state index contributed by atoms with van der Waals surface area (Å²) in [5.41, 5.74) is 1.49. The lowest BCUT2D eigenvalue weighted by Crippen LogP contribution is -2.41. The van der Waals surface area contributed by atoms with E-state index in [1.165, 1.54) is 12.8 Å². The van der Waals surface area contributed by atoms with Gasteiger partial charge < -0.3 is 14.5 Å². The Kier molecular flexibility index (Phi) is 7.39. The summed E-state index contributed by atoms with van der Waals surface area (Å²) >= 11 is 0. The number of fused-ring (bicyclic) bond motifs is 1. The van der Waals surface area contributed by atoms with Crippen molar-refractivity contribution in [1.82, 2.24) is 30.1 Å². The molecule has 0 spiro atoms. The predicted molar refractivity (Wildman–Crippen MR) is 126 cm³/mol. The van der Waals surface area contributed by atoms with Gasteiger partial charge in [0.2, 0.25) is 0 Å². The highest BCUT2D eigenvalue weighted by Gasteiger charge is 2.35. The summed E-state index contributed by atoms with van der Waals surface area (Å²) in [4.78, 5) is 18.5. The highest BCUT2D eigenvalue weighted by Crippen LogP contribution is 2.36. The number of aromatic amines is 1. The van der Waals surface area contributed by atoms with E-state index >= 15 is 0 Å². The minimum absolute atomic E-state index is 0.0136. The number of nitrogens with one attached hydrogen (secondary N) is 1. The Morgan fingerprint density at radius 2 is 2.00 bits per heavy atom. The molecule has 1 N–H and O–H groups in total. The fourth-order valence-electron chi connectivity index (χ4n) is 4.95. The summed E-state index contributed by atoms with van der Waals surface area (Å²) in [6.07, 6.45) is 4.63. The maximum absolute atomic E-state index is 13.0. The second-order valence-electron chi connectivity index (χ2n) is 9.13. The zero-order chi connectivity index (χ0) is 23.4. The van der Waals surface area contributed by atoms with E-state index in [1.807, 2.05) is 28.9 Å². The Labute approximate surface area is 194 Å². The normalized spacial score (nSPS) is 15.7. The number of nitrogens with zero attached hydrogens (tertiary/aromatic N) is 5. The number of ether oxygens (including phenoxy) is 2. The number of rotatable bonds is 10. The van der Waals surface area contributed by atoms with E-state index in [0.717, 1.165) is 40.9 Å². The van der Waals surface area contributed by atoms with Crippen LogP contribution < -0.4 is 10.3 Å². The van der Waals surface area contributed by atoms with E-state index in [2.05, 4.69) is 39.3 Å². The largest absolute Gasteiger partial charge is 0.497 e. The lowest BCUT2D eigenvalue weighted by molar-refractivity contribution is 0.0822. The van der Waals surface area contributed by atoms with Gasteiger partial charge >= 0.3 is 0 Å². The van der Waals surface area contributed by atoms with Crippen molar-refractivity contribution in [2.45, 2.75) is 64.7 Å². The van der Waals surface area contributed by atoms with Crippen molar-refractivity contribution in [3.8, 4) is 5.75 Å². The molecule has 3 aromatic rings. The number of tetrazole rings is 1. The second-order valence-corrected chi connectivity index (χ2v) is 9.13. The predicted octanol–water partition coefficient (Wildman–Crippen LogP) is 3.31. The van der Waals surface area contributed by atoms with Gasteiger partial charge in [-0.05, 0) is 53.5 Å². The molecule has 2 heterocycles. The van der Waals surface area contributed by atoms with Gasteiger partial charge in [-0.25, -0.2) is 4.68 Å². The molecule has 1 fully saturated rings. The van der Waals surface area contributed by atoms with Crippen molar-refractivity contribution >= 4 is 10.9 Å². The quantitative estimate of drug-likeness (QED) is 0.502. The highest BCUT2D eigenvalue weighted by atomic mass is 16.5. The molecule has 1 saturated carbocycles. The van der Waals surface area contributed by atoms with Crippen LogP contribution in [-0.4, -0.2) is 57.0 Å². The van der Waals surface area contributed by atoms with E-state index < -0.39 is 0 Å². The fourth-order valence-corrected chi connectivity index (χ4v) is 4.95. The SMILES string of the molecule is COCCn1nnnc1[C@H](C(C)C)N(Cc1cc2cc(OC)ccc2[nH]c1=O)C1CCCC1. The lowest BCUT2D eigenvalue weighted by atomic mass is 9.97. The van der Waals surface area contributed by atoms with E-state index in [9.17, 15) is 4.79 Å². The summed E-state index contributed by atoms with van der Waals surface area (Å²) in [5.74, 6) is 1.86. The fraction of sp³-hybridized carbons (Fsp3) is 0.583. The van der Waals surface area contributed by atoms with Crippen molar-refractivity contribution in [1.29, 1.82) is 0 Å². The van der Waals surface area contributed by atoms with Crippen LogP contribution in [0.15, 0.2) is 29.1 Å². The maximum atomic E-state index is 13.0. The molecular formula is C24H34N6O3. The first-order valence-corrected chi connectivity index (χ1v) is 11.7. The third kappa shape index (κ3) is 5.09. The first-order valence-electron chi connectivity index (χ1n) is 11.7. The van der Waals surface area contributed by atoms with Gasteiger partial charge in [0.1, 0.15) is 5.75 Å². The van der Waals surface area contributed by atoms with Crippen LogP contribution in [0.1, 0.15) is 57.0 Å². The van der Waals surface area contributed by atoms with Gasteiger partial charge in [-0.2, -0.15) is 0 Å². The Morgan fingerprint density at radius 3 is 2.70 bits per heavy atom. The number of H-pyrrole nitrogens is 1. The number of hydrogen-bond donors (Lipinski definition) is 1. The van der Waals surface area contributed by atoms with Crippen LogP contribution in [0.2, 0.25) is 0 Å². The molecule has 33 heavy (non-hydrogen) atoms. The Bertz CT molecular complexity index is 1120. The van der Waals surface area contributed by atoms with Gasteiger partial charge in [-0.15, -0.1) is 5.10 Å². The standard InChI is InChI=1S/C24H34N6O3/c1-16(2)22(23-26-27-28-30(23)11-12-32-3)29(19-7-5-6-8-19)15-18-13-17-14-20(33-4)9-10-21(17)25-24(18)31/h9-10,13-14,16,19,22H,5-8,11-12,15H2,1-4H3,(H,25,31)/t22-/m0/s1. The Morgan fingerprint density at radius 1 is 1.21 bits per heavy atom. The first kappa shape index (κ1) is 23.4. The van der Waals surface area contributed by atoms with Crippen molar-refractivity contribution in [3.05, 3.63) is 46.0 Å². The van der Waals surface area contributed by atoms with Crippen LogP contribution >= 0.6 is 0 Å². The second kappa shape index (κ2) is 10.4. The molecule has 0 aliphatic heterocycles. The van der Waals surface area contributed by atoms with Gasteiger partial charge in [0, 0.05) is 36.2 Å². The molecule has 9 heteroatoms. The summed E-state index contributed by atoms with van der Waals surface area (Å²) < 4.78 is 12.5. The first-order chi connectivity index (χ1) is 16.0. The number of pyridine rings is 1. The average molecular weight is 455 g/mol. The van der Waals surface area contributed by atoms with Crippen molar-refractivity contribution in [3.63, 3.8) is 0 Å². The van der Waals surface area contributed by atoms with Gasteiger partial charge in [-0.1, -0.05) is 26.7 Å². The summed E-state index contributed by atoms with van der Waals surface area (Å²) in [6, 6.07) is 8.06. The zero-order valence-corrected chi connectivity index (χ0v) is 20.0. The lowest BCUT2D eigenvalue weighted by Gasteiger charge is -2.38. The molecule has 0 saturated heterocycles. The minimum Gasteiger partial charge on any atom is -0.497 e. The van der Waals surface area contributed by atoms with Crippen molar-refractivity contribution < 1.29 is 9.47 Å². The van der Waals surface area contributed by atoms with Gasteiger partial charge in [0.05, 0.1) is 26.3 Å². The van der Waals surface area contributed by atoms with Crippen LogP contribution in [0.5, 0.6) is 5.75 Å².